The predicted molar refractivity (Wildman–Crippen MR) is 78.8 cm³/mol. The summed E-state index contributed by atoms with van der Waals surface area (Å²) in [5.41, 5.74) is 8.44. The fourth-order valence-corrected chi connectivity index (χ4v) is 2.16. The van der Waals surface area contributed by atoms with Crippen molar-refractivity contribution in [3.8, 4) is 0 Å². The van der Waals surface area contributed by atoms with Gasteiger partial charge in [0, 0.05) is 25.7 Å². The van der Waals surface area contributed by atoms with Crippen LogP contribution in [0.25, 0.3) is 0 Å². The highest BCUT2D eigenvalue weighted by Crippen LogP contribution is 2.13. The third-order valence-corrected chi connectivity index (χ3v) is 3.39. The van der Waals surface area contributed by atoms with Crippen molar-refractivity contribution in [2.24, 2.45) is 5.73 Å². The van der Waals surface area contributed by atoms with Gasteiger partial charge < -0.3 is 16.0 Å². The molecule has 0 aliphatic carbocycles. The van der Waals surface area contributed by atoms with Gasteiger partial charge in [0.05, 0.1) is 0 Å². The van der Waals surface area contributed by atoms with Crippen LogP contribution in [0.15, 0.2) is 24.3 Å². The number of nitrogens with zero attached hydrogens (tertiary/aromatic N) is 1. The van der Waals surface area contributed by atoms with Gasteiger partial charge in [-0.2, -0.15) is 0 Å². The molecule has 0 saturated heterocycles. The Morgan fingerprint density at radius 2 is 2.00 bits per heavy atom. The number of likely N-dealkylation sites (N-methyl/N-ethyl adjacent to an activating group) is 1. The Balaban J connectivity index is 2.47. The summed E-state index contributed by atoms with van der Waals surface area (Å²) in [5.74, 6) is 0. The number of hydrogen-bond donors (Lipinski definition) is 2. The molecule has 0 spiro atoms. The molecule has 3 N–H and O–H groups in total. The summed E-state index contributed by atoms with van der Waals surface area (Å²) in [6.07, 6.45) is 0. The van der Waals surface area contributed by atoms with Crippen LogP contribution in [0.1, 0.15) is 31.0 Å². The molecule has 0 radical (unpaired) electrons. The molecule has 1 aromatic rings. The molecule has 0 amide bonds. The lowest BCUT2D eigenvalue weighted by atomic mass is 10.0. The second-order valence-corrected chi connectivity index (χ2v) is 4.68. The van der Waals surface area contributed by atoms with E-state index in [1.807, 2.05) is 0 Å². The minimum Gasteiger partial charge on any atom is -0.329 e. The first-order valence-corrected chi connectivity index (χ1v) is 6.93. The van der Waals surface area contributed by atoms with Crippen molar-refractivity contribution in [1.82, 2.24) is 10.2 Å². The topological polar surface area (TPSA) is 41.3 Å². The van der Waals surface area contributed by atoms with Crippen molar-refractivity contribution in [3.63, 3.8) is 0 Å². The van der Waals surface area contributed by atoms with Crippen molar-refractivity contribution in [2.45, 2.75) is 26.8 Å². The summed E-state index contributed by atoms with van der Waals surface area (Å²) in [5, 5.41) is 3.55. The zero-order chi connectivity index (χ0) is 13.4. The molecule has 0 aliphatic heterocycles. The number of aryl methyl sites for hydroxylation is 1. The van der Waals surface area contributed by atoms with E-state index in [9.17, 15) is 0 Å². The van der Waals surface area contributed by atoms with Gasteiger partial charge in [-0.15, -0.1) is 0 Å². The number of rotatable bonds is 8. The lowest BCUT2D eigenvalue weighted by Gasteiger charge is -2.22. The zero-order valence-electron chi connectivity index (χ0n) is 11.9. The van der Waals surface area contributed by atoms with Crippen molar-refractivity contribution < 1.29 is 0 Å². The van der Waals surface area contributed by atoms with Gasteiger partial charge in [-0.3, -0.25) is 0 Å². The largest absolute Gasteiger partial charge is 0.329 e. The highest BCUT2D eigenvalue weighted by molar-refractivity contribution is 5.25. The fraction of sp³-hybridized carbons (Fsp3) is 0.600. The van der Waals surface area contributed by atoms with Gasteiger partial charge >= 0.3 is 0 Å². The van der Waals surface area contributed by atoms with Gasteiger partial charge in [-0.05, 0) is 25.6 Å². The van der Waals surface area contributed by atoms with E-state index >= 15 is 0 Å². The van der Waals surface area contributed by atoms with Crippen LogP contribution in [-0.4, -0.2) is 37.6 Å². The molecule has 0 fully saturated rings. The van der Waals surface area contributed by atoms with E-state index in [2.05, 4.69) is 55.3 Å². The van der Waals surface area contributed by atoms with Gasteiger partial charge in [0.1, 0.15) is 0 Å². The van der Waals surface area contributed by atoms with Crippen LogP contribution in [0.2, 0.25) is 0 Å². The minimum absolute atomic E-state index is 0.264. The van der Waals surface area contributed by atoms with Crippen LogP contribution in [0.4, 0.5) is 0 Å². The minimum atomic E-state index is 0.264. The fourth-order valence-electron chi connectivity index (χ4n) is 2.16. The Bertz CT molecular complexity index is 334. The molecule has 0 bridgehead atoms. The highest BCUT2D eigenvalue weighted by Gasteiger charge is 2.09. The summed E-state index contributed by atoms with van der Waals surface area (Å²) in [4.78, 5) is 2.41. The maximum Gasteiger partial charge on any atom is 0.0445 e. The molecule has 0 aliphatic rings. The van der Waals surface area contributed by atoms with Crippen LogP contribution in [0.3, 0.4) is 0 Å². The average Bonchev–Trinajstić information content (AvgIpc) is 2.39. The molecule has 3 heteroatoms. The van der Waals surface area contributed by atoms with E-state index in [-0.39, 0.29) is 6.04 Å². The SMILES string of the molecule is CCN(CC)CCNC(CN)c1cccc(C)c1. The van der Waals surface area contributed by atoms with Crippen LogP contribution in [0, 0.1) is 6.92 Å². The normalized spacial score (nSPS) is 12.9. The van der Waals surface area contributed by atoms with Gasteiger partial charge in [0.2, 0.25) is 0 Å². The molecule has 102 valence electrons. The van der Waals surface area contributed by atoms with Crippen molar-refractivity contribution >= 4 is 0 Å². The van der Waals surface area contributed by atoms with E-state index in [4.69, 9.17) is 5.73 Å². The molecule has 0 saturated carbocycles. The number of benzene rings is 1. The summed E-state index contributed by atoms with van der Waals surface area (Å²) >= 11 is 0. The van der Waals surface area contributed by atoms with Gasteiger partial charge in [0.15, 0.2) is 0 Å². The van der Waals surface area contributed by atoms with E-state index in [0.29, 0.717) is 6.54 Å². The molecule has 3 nitrogen and oxygen atoms in total. The lowest BCUT2D eigenvalue weighted by Crippen LogP contribution is -2.36. The third-order valence-electron chi connectivity index (χ3n) is 3.39. The monoisotopic (exact) mass is 249 g/mol. The first-order valence-electron chi connectivity index (χ1n) is 6.93. The maximum atomic E-state index is 5.86. The van der Waals surface area contributed by atoms with Crippen molar-refractivity contribution in [1.29, 1.82) is 0 Å². The maximum absolute atomic E-state index is 5.86. The molecule has 1 aromatic carbocycles. The predicted octanol–water partition coefficient (Wildman–Crippen LogP) is 1.93. The van der Waals surface area contributed by atoms with Crippen LogP contribution in [0.5, 0.6) is 0 Å². The van der Waals surface area contributed by atoms with Gasteiger partial charge in [0.25, 0.3) is 0 Å². The molecule has 0 heterocycles. The molecular weight excluding hydrogens is 222 g/mol. The standard InChI is InChI=1S/C15H27N3/c1-4-18(5-2)10-9-17-15(12-16)14-8-6-7-13(3)11-14/h6-8,11,15,17H,4-5,9-10,12,16H2,1-3H3. The Morgan fingerprint density at radius 3 is 2.56 bits per heavy atom. The second-order valence-electron chi connectivity index (χ2n) is 4.68. The Kier molecular flexibility index (Phi) is 6.94. The smallest absolute Gasteiger partial charge is 0.0445 e. The van der Waals surface area contributed by atoms with Crippen molar-refractivity contribution in [2.75, 3.05) is 32.7 Å². The molecule has 1 unspecified atom stereocenters. The first-order chi connectivity index (χ1) is 8.71. The molecular formula is C15H27N3. The summed E-state index contributed by atoms with van der Waals surface area (Å²) in [6.45, 7) is 11.4. The van der Waals surface area contributed by atoms with E-state index in [0.717, 1.165) is 26.2 Å². The Morgan fingerprint density at radius 1 is 1.28 bits per heavy atom. The number of nitrogens with two attached hydrogens (primary N) is 1. The summed E-state index contributed by atoms with van der Waals surface area (Å²) < 4.78 is 0. The summed E-state index contributed by atoms with van der Waals surface area (Å²) in [7, 11) is 0. The Hall–Kier alpha value is -0.900. The van der Waals surface area contributed by atoms with Gasteiger partial charge in [-0.1, -0.05) is 43.7 Å². The highest BCUT2D eigenvalue weighted by atomic mass is 15.1. The number of nitrogens with one attached hydrogen (secondary N) is 1. The molecule has 18 heavy (non-hydrogen) atoms. The van der Waals surface area contributed by atoms with Gasteiger partial charge in [-0.25, -0.2) is 0 Å². The zero-order valence-corrected chi connectivity index (χ0v) is 11.9. The van der Waals surface area contributed by atoms with E-state index < -0.39 is 0 Å². The molecule has 0 aromatic heterocycles. The van der Waals surface area contributed by atoms with Crippen LogP contribution >= 0.6 is 0 Å². The van der Waals surface area contributed by atoms with Crippen LogP contribution in [-0.2, 0) is 0 Å². The Labute approximate surface area is 111 Å². The van der Waals surface area contributed by atoms with E-state index in [1.54, 1.807) is 0 Å². The van der Waals surface area contributed by atoms with Crippen molar-refractivity contribution in [3.05, 3.63) is 35.4 Å². The first kappa shape index (κ1) is 15.2. The number of hydrogen-bond acceptors (Lipinski definition) is 3. The van der Waals surface area contributed by atoms with Crippen LogP contribution < -0.4 is 11.1 Å². The van der Waals surface area contributed by atoms with E-state index in [1.165, 1.54) is 11.1 Å². The lowest BCUT2D eigenvalue weighted by molar-refractivity contribution is 0.297. The average molecular weight is 249 g/mol. The molecule has 1 atom stereocenters. The quantitative estimate of drug-likeness (QED) is 0.739. The molecule has 1 rings (SSSR count). The second kappa shape index (κ2) is 8.25. The summed E-state index contributed by atoms with van der Waals surface area (Å²) in [6, 6.07) is 8.84. The third kappa shape index (κ3) is 4.77.